The Morgan fingerprint density at radius 2 is 1.68 bits per heavy atom. The lowest BCUT2D eigenvalue weighted by Gasteiger charge is -2.16. The number of carbonyl (C=O) groups is 1. The Balaban J connectivity index is 1.59. The van der Waals surface area contributed by atoms with E-state index in [0.717, 1.165) is 11.3 Å². The van der Waals surface area contributed by atoms with E-state index in [2.05, 4.69) is 10.6 Å². The summed E-state index contributed by atoms with van der Waals surface area (Å²) in [6, 6.07) is 19.2. The fourth-order valence-corrected chi connectivity index (χ4v) is 2.87. The normalized spacial score (nSPS) is 11.8. The monoisotopic (exact) mass is 381 g/mol. The molecule has 1 atom stereocenters. The molecule has 0 aliphatic rings. The third kappa shape index (κ3) is 5.14. The maximum absolute atomic E-state index is 13.7. The third-order valence-electron chi connectivity index (χ3n) is 4.37. The summed E-state index contributed by atoms with van der Waals surface area (Å²) in [6.07, 6.45) is 0. The average molecular weight is 381 g/mol. The molecular formula is C22H21F2N3O. The zero-order chi connectivity index (χ0) is 19.9. The summed E-state index contributed by atoms with van der Waals surface area (Å²) in [4.78, 5) is 11.7. The molecule has 3 rings (SSSR count). The second-order valence-electron chi connectivity index (χ2n) is 6.41. The van der Waals surface area contributed by atoms with Crippen LogP contribution < -0.4 is 16.4 Å². The second-order valence-corrected chi connectivity index (χ2v) is 6.41. The second kappa shape index (κ2) is 9.10. The van der Waals surface area contributed by atoms with E-state index in [4.69, 9.17) is 5.73 Å². The summed E-state index contributed by atoms with van der Waals surface area (Å²) < 4.78 is 27.1. The zero-order valence-corrected chi connectivity index (χ0v) is 15.2. The van der Waals surface area contributed by atoms with Crippen molar-refractivity contribution in [2.24, 2.45) is 5.73 Å². The largest absolute Gasteiger partial charge is 0.381 e. The van der Waals surface area contributed by atoms with Crippen molar-refractivity contribution < 1.29 is 13.6 Å². The lowest BCUT2D eigenvalue weighted by Crippen LogP contribution is -2.33. The van der Waals surface area contributed by atoms with Gasteiger partial charge in [-0.05, 0) is 41.5 Å². The Hall–Kier alpha value is -3.25. The van der Waals surface area contributed by atoms with Gasteiger partial charge in [0.15, 0.2) is 0 Å². The van der Waals surface area contributed by atoms with Gasteiger partial charge >= 0.3 is 0 Å². The first-order chi connectivity index (χ1) is 13.5. The number of benzene rings is 3. The van der Waals surface area contributed by atoms with Crippen LogP contribution in [0.4, 0.5) is 14.5 Å². The van der Waals surface area contributed by atoms with Crippen molar-refractivity contribution in [3.05, 3.63) is 101 Å². The number of amides is 1. The van der Waals surface area contributed by atoms with E-state index in [1.807, 2.05) is 24.3 Å². The van der Waals surface area contributed by atoms with E-state index in [0.29, 0.717) is 24.2 Å². The highest BCUT2D eigenvalue weighted by atomic mass is 19.1. The molecule has 0 spiro atoms. The van der Waals surface area contributed by atoms with Gasteiger partial charge in [0.25, 0.3) is 0 Å². The van der Waals surface area contributed by atoms with Gasteiger partial charge in [-0.3, -0.25) is 10.1 Å². The number of hydrogen-bond donors (Lipinski definition) is 3. The summed E-state index contributed by atoms with van der Waals surface area (Å²) in [6.45, 7) is 0.769. The van der Waals surface area contributed by atoms with Crippen LogP contribution in [0.5, 0.6) is 0 Å². The molecule has 144 valence electrons. The molecule has 4 N–H and O–H groups in total. The first-order valence-corrected chi connectivity index (χ1v) is 8.87. The van der Waals surface area contributed by atoms with Gasteiger partial charge in [0, 0.05) is 24.3 Å². The van der Waals surface area contributed by atoms with E-state index in [-0.39, 0.29) is 5.82 Å². The van der Waals surface area contributed by atoms with Crippen LogP contribution in [-0.2, 0) is 17.9 Å². The molecule has 0 aliphatic heterocycles. The van der Waals surface area contributed by atoms with Crippen molar-refractivity contribution in [1.29, 1.82) is 0 Å². The Kier molecular flexibility index (Phi) is 6.34. The first-order valence-electron chi connectivity index (χ1n) is 8.87. The molecular weight excluding hydrogens is 360 g/mol. The van der Waals surface area contributed by atoms with Crippen molar-refractivity contribution >= 4 is 11.6 Å². The quantitative estimate of drug-likeness (QED) is 0.555. The van der Waals surface area contributed by atoms with Gasteiger partial charge in [-0.2, -0.15) is 0 Å². The Morgan fingerprint density at radius 3 is 2.36 bits per heavy atom. The summed E-state index contributed by atoms with van der Waals surface area (Å²) in [5.41, 5.74) is 8.30. The molecule has 1 unspecified atom stereocenters. The predicted octanol–water partition coefficient (Wildman–Crippen LogP) is 3.89. The van der Waals surface area contributed by atoms with Crippen molar-refractivity contribution in [3.63, 3.8) is 0 Å². The van der Waals surface area contributed by atoms with Crippen molar-refractivity contribution in [2.45, 2.75) is 19.1 Å². The molecule has 0 saturated carbocycles. The smallest absolute Gasteiger partial charge is 0.239 e. The summed E-state index contributed by atoms with van der Waals surface area (Å²) in [7, 11) is 0. The minimum Gasteiger partial charge on any atom is -0.381 e. The van der Waals surface area contributed by atoms with Gasteiger partial charge in [-0.25, -0.2) is 8.78 Å². The maximum atomic E-state index is 13.7. The molecule has 0 aromatic heterocycles. The van der Waals surface area contributed by atoms with Crippen molar-refractivity contribution in [1.82, 2.24) is 5.32 Å². The highest BCUT2D eigenvalue weighted by molar-refractivity contribution is 5.81. The van der Waals surface area contributed by atoms with Gasteiger partial charge < -0.3 is 11.1 Å². The van der Waals surface area contributed by atoms with E-state index in [9.17, 15) is 13.6 Å². The fourth-order valence-electron chi connectivity index (χ4n) is 2.87. The maximum Gasteiger partial charge on any atom is 0.239 e. The predicted molar refractivity (Wildman–Crippen MR) is 105 cm³/mol. The molecule has 3 aromatic carbocycles. The molecule has 0 bridgehead atoms. The van der Waals surface area contributed by atoms with Crippen LogP contribution in [0.3, 0.4) is 0 Å². The fraction of sp³-hybridized carbons (Fsp3) is 0.136. The van der Waals surface area contributed by atoms with Crippen LogP contribution in [0.1, 0.15) is 22.7 Å². The number of nitrogens with two attached hydrogens (primary N) is 1. The molecule has 0 fully saturated rings. The molecule has 0 aliphatic carbocycles. The minimum atomic E-state index is -0.783. The lowest BCUT2D eigenvalue weighted by molar-refractivity contribution is -0.120. The lowest BCUT2D eigenvalue weighted by atomic mass is 10.1. The van der Waals surface area contributed by atoms with E-state index in [1.54, 1.807) is 30.3 Å². The molecule has 6 heteroatoms. The highest BCUT2D eigenvalue weighted by Crippen LogP contribution is 2.17. The van der Waals surface area contributed by atoms with E-state index >= 15 is 0 Å². The summed E-state index contributed by atoms with van der Waals surface area (Å²) in [5, 5.41) is 6.22. The van der Waals surface area contributed by atoms with Crippen LogP contribution in [0.25, 0.3) is 0 Å². The zero-order valence-electron chi connectivity index (χ0n) is 15.2. The summed E-state index contributed by atoms with van der Waals surface area (Å²) >= 11 is 0. The van der Waals surface area contributed by atoms with Gasteiger partial charge in [0.1, 0.15) is 17.7 Å². The number of nitrogens with one attached hydrogen (secondary N) is 2. The van der Waals surface area contributed by atoms with Gasteiger partial charge in [0.05, 0.1) is 0 Å². The SMILES string of the molecule is NC(=O)C(NCc1ccc(NCc2ccccc2F)cc1)c1cccc(F)c1. The standard InChI is InChI=1S/C22H21F2N3O/c23-18-6-3-5-16(12-18)21(22(25)28)27-13-15-8-10-19(11-9-15)26-14-17-4-1-2-7-20(17)24/h1-12,21,26-27H,13-14H2,(H2,25,28). The molecule has 3 aromatic rings. The number of hydrogen-bond acceptors (Lipinski definition) is 3. The Morgan fingerprint density at radius 1 is 0.929 bits per heavy atom. The Bertz CT molecular complexity index is 945. The number of primary amides is 1. The molecule has 0 radical (unpaired) electrons. The highest BCUT2D eigenvalue weighted by Gasteiger charge is 2.17. The third-order valence-corrected chi connectivity index (χ3v) is 4.37. The van der Waals surface area contributed by atoms with Crippen LogP contribution in [0, 0.1) is 11.6 Å². The first kappa shape index (κ1) is 19.5. The number of rotatable bonds is 8. The summed E-state index contributed by atoms with van der Waals surface area (Å²) in [5.74, 6) is -1.24. The van der Waals surface area contributed by atoms with E-state index in [1.165, 1.54) is 18.2 Å². The minimum absolute atomic E-state index is 0.245. The number of carbonyl (C=O) groups excluding carboxylic acids is 1. The average Bonchev–Trinajstić information content (AvgIpc) is 2.68. The molecule has 0 saturated heterocycles. The van der Waals surface area contributed by atoms with Crippen LogP contribution in [-0.4, -0.2) is 5.91 Å². The number of anilines is 1. The van der Waals surface area contributed by atoms with Crippen LogP contribution in [0.2, 0.25) is 0 Å². The molecule has 28 heavy (non-hydrogen) atoms. The van der Waals surface area contributed by atoms with Gasteiger partial charge in [-0.15, -0.1) is 0 Å². The van der Waals surface area contributed by atoms with Crippen LogP contribution >= 0.6 is 0 Å². The Labute approximate surface area is 162 Å². The van der Waals surface area contributed by atoms with Gasteiger partial charge in [0.2, 0.25) is 5.91 Å². The van der Waals surface area contributed by atoms with Crippen molar-refractivity contribution in [2.75, 3.05) is 5.32 Å². The van der Waals surface area contributed by atoms with Crippen LogP contribution in [0.15, 0.2) is 72.8 Å². The molecule has 4 nitrogen and oxygen atoms in total. The van der Waals surface area contributed by atoms with Gasteiger partial charge in [-0.1, -0.05) is 42.5 Å². The van der Waals surface area contributed by atoms with E-state index < -0.39 is 17.8 Å². The molecule has 0 heterocycles. The van der Waals surface area contributed by atoms with Crippen molar-refractivity contribution in [3.8, 4) is 0 Å². The molecule has 1 amide bonds. The topological polar surface area (TPSA) is 67.2 Å². The number of halogens is 2.